The molecule has 3 N–H and O–H groups in total. The summed E-state index contributed by atoms with van der Waals surface area (Å²) in [7, 11) is 4.12. The lowest BCUT2D eigenvalue weighted by Gasteiger charge is -2.10. The van der Waals surface area contributed by atoms with E-state index in [4.69, 9.17) is 5.73 Å². The average molecular weight is 236 g/mol. The highest BCUT2D eigenvalue weighted by Gasteiger charge is 2.27. The van der Waals surface area contributed by atoms with Crippen LogP contribution >= 0.6 is 0 Å². The van der Waals surface area contributed by atoms with Gasteiger partial charge in [-0.05, 0) is 39.9 Å². The first kappa shape index (κ1) is 12.0. The topological polar surface area (TPSA) is 80.0 Å². The molecule has 1 aromatic heterocycles. The summed E-state index contributed by atoms with van der Waals surface area (Å²) in [5.74, 6) is 2.27. The fourth-order valence-corrected chi connectivity index (χ4v) is 1.61. The monoisotopic (exact) mass is 236 g/mol. The molecule has 94 valence electrons. The number of rotatable bonds is 6. The molecule has 1 fully saturated rings. The van der Waals surface area contributed by atoms with Gasteiger partial charge in [-0.3, -0.25) is 0 Å². The van der Waals surface area contributed by atoms with E-state index in [1.165, 1.54) is 12.8 Å². The van der Waals surface area contributed by atoms with E-state index in [1.807, 2.05) is 0 Å². The number of nitrogens with one attached hydrogen (secondary N) is 1. The Kier molecular flexibility index (Phi) is 3.73. The summed E-state index contributed by atoms with van der Waals surface area (Å²) >= 11 is 0. The van der Waals surface area contributed by atoms with Gasteiger partial charge in [0.2, 0.25) is 11.9 Å². The zero-order valence-corrected chi connectivity index (χ0v) is 10.5. The highest BCUT2D eigenvalue weighted by molar-refractivity contribution is 5.32. The van der Waals surface area contributed by atoms with Gasteiger partial charge < -0.3 is 16.0 Å². The average Bonchev–Trinajstić information content (AvgIpc) is 3.07. The van der Waals surface area contributed by atoms with E-state index >= 15 is 0 Å². The SMILES string of the molecule is CN(C)CCCNc1nc(N)nc(C2CC2)n1. The van der Waals surface area contributed by atoms with E-state index < -0.39 is 0 Å². The summed E-state index contributed by atoms with van der Waals surface area (Å²) in [5, 5.41) is 3.20. The molecule has 1 heterocycles. The molecule has 1 aliphatic rings. The van der Waals surface area contributed by atoms with E-state index in [-0.39, 0.29) is 0 Å². The van der Waals surface area contributed by atoms with Crippen LogP contribution in [-0.2, 0) is 0 Å². The van der Waals surface area contributed by atoms with Gasteiger partial charge in [0.1, 0.15) is 5.82 Å². The lowest BCUT2D eigenvalue weighted by atomic mass is 10.4. The Morgan fingerprint density at radius 1 is 1.29 bits per heavy atom. The Bertz CT molecular complexity index is 374. The van der Waals surface area contributed by atoms with Crippen molar-refractivity contribution in [2.75, 3.05) is 38.2 Å². The molecule has 0 radical (unpaired) electrons. The summed E-state index contributed by atoms with van der Waals surface area (Å²) in [6.07, 6.45) is 3.39. The molecule has 0 atom stereocenters. The van der Waals surface area contributed by atoms with Crippen molar-refractivity contribution in [2.24, 2.45) is 0 Å². The molecule has 0 amide bonds. The van der Waals surface area contributed by atoms with Crippen molar-refractivity contribution in [2.45, 2.75) is 25.2 Å². The fourth-order valence-electron chi connectivity index (χ4n) is 1.61. The van der Waals surface area contributed by atoms with Crippen molar-refractivity contribution in [1.82, 2.24) is 19.9 Å². The zero-order chi connectivity index (χ0) is 12.3. The summed E-state index contributed by atoms with van der Waals surface area (Å²) < 4.78 is 0. The van der Waals surface area contributed by atoms with Crippen LogP contribution in [0, 0.1) is 0 Å². The molecule has 0 unspecified atom stereocenters. The van der Waals surface area contributed by atoms with Crippen LogP contribution in [0.4, 0.5) is 11.9 Å². The lowest BCUT2D eigenvalue weighted by Crippen LogP contribution is -2.17. The lowest BCUT2D eigenvalue weighted by molar-refractivity contribution is 0.405. The standard InChI is InChI=1S/C11H20N6/c1-17(2)7-3-6-13-11-15-9(8-4-5-8)14-10(12)16-11/h8H,3-7H2,1-2H3,(H3,12,13,14,15,16). The predicted octanol–water partition coefficient (Wildman–Crippen LogP) is 0.695. The maximum Gasteiger partial charge on any atom is 0.227 e. The summed E-state index contributed by atoms with van der Waals surface area (Å²) in [5.41, 5.74) is 5.67. The quantitative estimate of drug-likeness (QED) is 0.708. The molecule has 0 spiro atoms. The fraction of sp³-hybridized carbons (Fsp3) is 0.727. The maximum atomic E-state index is 5.67. The molecule has 1 saturated carbocycles. The second-order valence-electron chi connectivity index (χ2n) is 4.73. The van der Waals surface area contributed by atoms with Crippen LogP contribution < -0.4 is 11.1 Å². The van der Waals surface area contributed by atoms with Crippen LogP contribution in [0.15, 0.2) is 0 Å². The third kappa shape index (κ3) is 3.81. The molecule has 0 saturated heterocycles. The molecule has 0 bridgehead atoms. The Morgan fingerprint density at radius 3 is 2.71 bits per heavy atom. The Labute approximate surface area is 102 Å². The molecule has 1 aliphatic carbocycles. The third-order valence-electron chi connectivity index (χ3n) is 2.68. The van der Waals surface area contributed by atoms with Crippen molar-refractivity contribution >= 4 is 11.9 Å². The Morgan fingerprint density at radius 2 is 2.06 bits per heavy atom. The van der Waals surface area contributed by atoms with Crippen molar-refractivity contribution in [3.63, 3.8) is 0 Å². The predicted molar refractivity (Wildman–Crippen MR) is 67.9 cm³/mol. The minimum atomic E-state index is 0.317. The minimum Gasteiger partial charge on any atom is -0.368 e. The highest BCUT2D eigenvalue weighted by atomic mass is 15.2. The number of hydrogen-bond acceptors (Lipinski definition) is 6. The zero-order valence-electron chi connectivity index (χ0n) is 10.5. The molecule has 6 heteroatoms. The van der Waals surface area contributed by atoms with Gasteiger partial charge in [-0.2, -0.15) is 15.0 Å². The van der Waals surface area contributed by atoms with Crippen molar-refractivity contribution in [1.29, 1.82) is 0 Å². The maximum absolute atomic E-state index is 5.67. The normalized spacial score (nSPS) is 15.2. The van der Waals surface area contributed by atoms with Gasteiger partial charge in [0, 0.05) is 12.5 Å². The van der Waals surface area contributed by atoms with Crippen LogP contribution in [0.25, 0.3) is 0 Å². The summed E-state index contributed by atoms with van der Waals surface area (Å²) in [6.45, 7) is 1.90. The van der Waals surface area contributed by atoms with Crippen LogP contribution in [0.3, 0.4) is 0 Å². The summed E-state index contributed by atoms with van der Waals surface area (Å²) in [6, 6.07) is 0. The highest BCUT2D eigenvalue weighted by Crippen LogP contribution is 2.38. The first-order valence-electron chi connectivity index (χ1n) is 6.05. The molecule has 17 heavy (non-hydrogen) atoms. The number of anilines is 2. The third-order valence-corrected chi connectivity index (χ3v) is 2.68. The van der Waals surface area contributed by atoms with Crippen molar-refractivity contribution in [3.05, 3.63) is 5.82 Å². The Hall–Kier alpha value is -1.43. The second-order valence-corrected chi connectivity index (χ2v) is 4.73. The van der Waals surface area contributed by atoms with Gasteiger partial charge in [-0.15, -0.1) is 0 Å². The van der Waals surface area contributed by atoms with E-state index in [2.05, 4.69) is 39.3 Å². The van der Waals surface area contributed by atoms with Gasteiger partial charge in [0.25, 0.3) is 0 Å². The number of nitrogens with two attached hydrogens (primary N) is 1. The molecule has 0 aliphatic heterocycles. The largest absolute Gasteiger partial charge is 0.368 e. The smallest absolute Gasteiger partial charge is 0.227 e. The first-order valence-corrected chi connectivity index (χ1v) is 6.05. The molecular weight excluding hydrogens is 216 g/mol. The number of nitrogens with zero attached hydrogens (tertiary/aromatic N) is 4. The number of hydrogen-bond donors (Lipinski definition) is 2. The van der Waals surface area contributed by atoms with Gasteiger partial charge in [0.15, 0.2) is 0 Å². The van der Waals surface area contributed by atoms with E-state index in [1.54, 1.807) is 0 Å². The molecule has 2 rings (SSSR count). The Balaban J connectivity index is 1.87. The second kappa shape index (κ2) is 5.27. The number of aromatic nitrogens is 3. The van der Waals surface area contributed by atoms with Crippen LogP contribution in [0.5, 0.6) is 0 Å². The summed E-state index contributed by atoms with van der Waals surface area (Å²) in [4.78, 5) is 14.8. The molecule has 1 aromatic rings. The van der Waals surface area contributed by atoms with Gasteiger partial charge in [-0.1, -0.05) is 0 Å². The van der Waals surface area contributed by atoms with Gasteiger partial charge in [0.05, 0.1) is 0 Å². The van der Waals surface area contributed by atoms with Crippen molar-refractivity contribution < 1.29 is 0 Å². The minimum absolute atomic E-state index is 0.317. The molecule has 6 nitrogen and oxygen atoms in total. The van der Waals surface area contributed by atoms with E-state index in [9.17, 15) is 0 Å². The van der Waals surface area contributed by atoms with Gasteiger partial charge >= 0.3 is 0 Å². The first-order chi connectivity index (χ1) is 8.15. The number of nitrogen functional groups attached to an aromatic ring is 1. The molecule has 0 aromatic carbocycles. The van der Waals surface area contributed by atoms with E-state index in [0.717, 1.165) is 25.3 Å². The van der Waals surface area contributed by atoms with Crippen LogP contribution in [-0.4, -0.2) is 47.0 Å². The van der Waals surface area contributed by atoms with Crippen LogP contribution in [0.2, 0.25) is 0 Å². The van der Waals surface area contributed by atoms with E-state index in [0.29, 0.717) is 17.8 Å². The van der Waals surface area contributed by atoms with Gasteiger partial charge in [-0.25, -0.2) is 0 Å². The molecular formula is C11H20N6. The van der Waals surface area contributed by atoms with Crippen molar-refractivity contribution in [3.8, 4) is 0 Å². The van der Waals surface area contributed by atoms with Crippen LogP contribution in [0.1, 0.15) is 31.0 Å².